The van der Waals surface area contributed by atoms with E-state index in [4.69, 9.17) is 21.1 Å². The van der Waals surface area contributed by atoms with Crippen molar-refractivity contribution in [2.45, 2.75) is 36.5 Å². The van der Waals surface area contributed by atoms with Crippen molar-refractivity contribution in [3.63, 3.8) is 0 Å². The van der Waals surface area contributed by atoms with Gasteiger partial charge in [-0.05, 0) is 66.2 Å². The number of halogens is 1. The first-order valence-electron chi connectivity index (χ1n) is 9.72. The van der Waals surface area contributed by atoms with Crippen LogP contribution in [0, 0.1) is 0 Å². The van der Waals surface area contributed by atoms with Gasteiger partial charge in [-0.3, -0.25) is 4.21 Å². The zero-order valence-corrected chi connectivity index (χ0v) is 17.9. The van der Waals surface area contributed by atoms with E-state index in [1.165, 1.54) is 6.07 Å². The Bertz CT molecular complexity index is 830. The highest BCUT2D eigenvalue weighted by Crippen LogP contribution is 2.33. The van der Waals surface area contributed by atoms with E-state index in [9.17, 15) is 8.76 Å². The van der Waals surface area contributed by atoms with Crippen molar-refractivity contribution >= 4 is 28.4 Å². The largest absolute Gasteiger partial charge is 0.768 e. The second kappa shape index (κ2) is 11.1. The molecule has 1 heterocycles. The summed E-state index contributed by atoms with van der Waals surface area (Å²) in [4.78, 5) is 0.194. The minimum Gasteiger partial charge on any atom is -0.768 e. The minimum atomic E-state index is -2.40. The molecular formula is C21H26ClN2O4S-. The lowest BCUT2D eigenvalue weighted by Gasteiger charge is -2.26. The third kappa shape index (κ3) is 6.01. The topological polar surface area (TPSA) is 82.6 Å². The Morgan fingerprint density at radius 3 is 2.69 bits per heavy atom. The van der Waals surface area contributed by atoms with Gasteiger partial charge in [-0.15, -0.1) is 0 Å². The first kappa shape index (κ1) is 22.2. The van der Waals surface area contributed by atoms with E-state index >= 15 is 0 Å². The molecule has 8 heteroatoms. The van der Waals surface area contributed by atoms with E-state index in [2.05, 4.69) is 10.6 Å². The summed E-state index contributed by atoms with van der Waals surface area (Å²) >= 11 is 3.65. The predicted molar refractivity (Wildman–Crippen MR) is 114 cm³/mol. The van der Waals surface area contributed by atoms with Gasteiger partial charge in [-0.1, -0.05) is 35.9 Å². The maximum Gasteiger partial charge on any atom is 0.157 e. The Morgan fingerprint density at radius 2 is 1.97 bits per heavy atom. The molecule has 1 aliphatic rings. The average molecular weight is 438 g/mol. The van der Waals surface area contributed by atoms with Crippen molar-refractivity contribution in [3.05, 3.63) is 58.6 Å². The third-order valence-corrected chi connectivity index (χ3v) is 5.82. The van der Waals surface area contributed by atoms with Crippen molar-refractivity contribution in [2.24, 2.45) is 0 Å². The fourth-order valence-electron chi connectivity index (χ4n) is 3.47. The number of hydrogen-bond donors (Lipinski definition) is 2. The molecule has 0 radical (unpaired) electrons. The third-order valence-electron chi connectivity index (χ3n) is 4.87. The number of rotatable bonds is 9. The number of anilines is 1. The number of nitrogens with one attached hydrogen (secondary N) is 2. The Morgan fingerprint density at radius 1 is 1.21 bits per heavy atom. The minimum absolute atomic E-state index is 0.158. The molecular weight excluding hydrogens is 412 g/mol. The fourth-order valence-corrected chi connectivity index (χ4v) is 4.31. The van der Waals surface area contributed by atoms with Crippen LogP contribution in [0.4, 0.5) is 5.69 Å². The Hall–Kier alpha value is -1.48. The van der Waals surface area contributed by atoms with Gasteiger partial charge < -0.3 is 24.7 Å². The smallest absolute Gasteiger partial charge is 0.157 e. The first-order valence-corrected chi connectivity index (χ1v) is 11.2. The van der Waals surface area contributed by atoms with Crippen LogP contribution in [-0.4, -0.2) is 41.9 Å². The summed E-state index contributed by atoms with van der Waals surface area (Å²) in [7, 11) is 1.85. The van der Waals surface area contributed by atoms with Crippen molar-refractivity contribution in [1.29, 1.82) is 0 Å². The van der Waals surface area contributed by atoms with Crippen LogP contribution >= 0.6 is 11.6 Å². The predicted octanol–water partition coefficient (Wildman–Crippen LogP) is 3.84. The van der Waals surface area contributed by atoms with E-state index in [-0.39, 0.29) is 17.2 Å². The monoisotopic (exact) mass is 437 g/mol. The summed E-state index contributed by atoms with van der Waals surface area (Å²) in [5.74, 6) is 0. The molecule has 3 rings (SSSR count). The van der Waals surface area contributed by atoms with Crippen LogP contribution < -0.4 is 10.6 Å². The van der Waals surface area contributed by atoms with Crippen molar-refractivity contribution in [3.8, 4) is 0 Å². The van der Waals surface area contributed by atoms with Gasteiger partial charge in [-0.2, -0.15) is 0 Å². The molecule has 2 aromatic carbocycles. The van der Waals surface area contributed by atoms with Gasteiger partial charge >= 0.3 is 0 Å². The van der Waals surface area contributed by atoms with Gasteiger partial charge in [0.1, 0.15) is 0 Å². The number of para-hydroxylation sites is 1. The summed E-state index contributed by atoms with van der Waals surface area (Å²) in [5, 5.41) is 7.09. The quantitative estimate of drug-likeness (QED) is 0.458. The molecule has 1 saturated heterocycles. The molecule has 2 atom stereocenters. The molecule has 158 valence electrons. The van der Waals surface area contributed by atoms with Crippen LogP contribution in [0.25, 0.3) is 0 Å². The van der Waals surface area contributed by atoms with Gasteiger partial charge in [0.2, 0.25) is 0 Å². The fraction of sp³-hybridized carbons (Fsp3) is 0.429. The van der Waals surface area contributed by atoms with Gasteiger partial charge in [0, 0.05) is 22.7 Å². The molecule has 2 aromatic rings. The van der Waals surface area contributed by atoms with Crippen molar-refractivity contribution in [1.82, 2.24) is 5.32 Å². The van der Waals surface area contributed by atoms with Gasteiger partial charge in [0.15, 0.2) is 6.29 Å². The lowest BCUT2D eigenvalue weighted by molar-refractivity contribution is -0.181. The maximum atomic E-state index is 11.9. The van der Waals surface area contributed by atoms with Gasteiger partial charge in [-0.25, -0.2) is 0 Å². The van der Waals surface area contributed by atoms with Gasteiger partial charge in [0.25, 0.3) is 0 Å². The van der Waals surface area contributed by atoms with Crippen LogP contribution in [0.3, 0.4) is 0 Å². The Labute approximate surface area is 179 Å². The lowest BCUT2D eigenvalue weighted by Crippen LogP contribution is -2.28. The summed E-state index contributed by atoms with van der Waals surface area (Å²) in [6, 6.07) is 12.5. The van der Waals surface area contributed by atoms with Crippen molar-refractivity contribution in [2.75, 3.05) is 32.1 Å². The van der Waals surface area contributed by atoms with Crippen LogP contribution in [0.2, 0.25) is 5.02 Å². The van der Waals surface area contributed by atoms with E-state index < -0.39 is 11.1 Å². The number of ether oxygens (including phenoxy) is 2. The van der Waals surface area contributed by atoms with Crippen LogP contribution in [-0.2, 0) is 20.6 Å². The molecule has 0 bridgehead atoms. The van der Waals surface area contributed by atoms with E-state index in [0.717, 1.165) is 43.7 Å². The van der Waals surface area contributed by atoms with Gasteiger partial charge in [0.05, 0.1) is 19.3 Å². The molecule has 0 spiro atoms. The van der Waals surface area contributed by atoms with Crippen LogP contribution in [0.5, 0.6) is 0 Å². The molecule has 2 N–H and O–H groups in total. The second-order valence-corrected chi connectivity index (χ2v) is 8.15. The molecule has 0 aliphatic carbocycles. The molecule has 0 amide bonds. The SMILES string of the molecule is CNc1ccccc1C(NCCCC1OCCCO1)c1ccc(Cl)cc1S(=O)[O-]. The molecule has 2 unspecified atom stereocenters. The normalized spacial score (nSPS) is 17.1. The number of hydrogen-bond acceptors (Lipinski definition) is 6. The molecule has 1 aliphatic heterocycles. The molecule has 1 fully saturated rings. The summed E-state index contributed by atoms with van der Waals surface area (Å²) in [6.45, 7) is 2.15. The highest BCUT2D eigenvalue weighted by atomic mass is 35.5. The Balaban J connectivity index is 1.82. The molecule has 0 saturated carbocycles. The van der Waals surface area contributed by atoms with Crippen molar-refractivity contribution < 1.29 is 18.2 Å². The summed E-state index contributed by atoms with van der Waals surface area (Å²) in [6.07, 6.45) is 2.40. The lowest BCUT2D eigenvalue weighted by atomic mass is 9.96. The first-order chi connectivity index (χ1) is 14.1. The number of benzene rings is 2. The Kier molecular flexibility index (Phi) is 8.47. The standard InChI is InChI=1S/C21H27ClN2O4S/c1-23-18-7-3-2-6-16(18)21(17-10-9-15(22)14-19(17)29(25)26)24-11-4-8-20-27-12-5-13-28-20/h2-3,6-7,9-10,14,20-21,23-24H,4-5,8,11-13H2,1H3,(H,25,26)/p-1. The van der Waals surface area contributed by atoms with E-state index in [1.54, 1.807) is 12.1 Å². The van der Waals surface area contributed by atoms with E-state index in [0.29, 0.717) is 17.1 Å². The van der Waals surface area contributed by atoms with E-state index in [1.807, 2.05) is 31.3 Å². The maximum absolute atomic E-state index is 11.9. The highest BCUT2D eigenvalue weighted by molar-refractivity contribution is 7.79. The van der Waals surface area contributed by atoms with Crippen LogP contribution in [0.15, 0.2) is 47.4 Å². The second-order valence-electron chi connectivity index (χ2n) is 6.81. The highest BCUT2D eigenvalue weighted by Gasteiger charge is 2.21. The molecule has 29 heavy (non-hydrogen) atoms. The molecule has 0 aromatic heterocycles. The summed E-state index contributed by atoms with van der Waals surface area (Å²) < 4.78 is 34.9. The average Bonchev–Trinajstić information content (AvgIpc) is 2.75. The zero-order chi connectivity index (χ0) is 20.6. The zero-order valence-electron chi connectivity index (χ0n) is 16.4. The summed E-state index contributed by atoms with van der Waals surface area (Å²) in [5.41, 5.74) is 2.56. The van der Waals surface area contributed by atoms with Crippen LogP contribution in [0.1, 0.15) is 36.4 Å². The molecule has 6 nitrogen and oxygen atoms in total.